The molecule has 178 valence electrons. The summed E-state index contributed by atoms with van der Waals surface area (Å²) in [6.45, 7) is 7.53. The standard InChI is InChI=1S/C25H33N3O5/c1-5-32-23(30)25(3,4)33-21-15-13-19(14-16-21)7-6-8-22(29)27-28(24(26)31)17-20-11-9-18(2)10-12-20/h9-16H,5-8,17H2,1-4H3,(H2,26,31)(H,27,29). The van der Waals surface area contributed by atoms with Crippen LogP contribution in [-0.4, -0.2) is 35.1 Å². The van der Waals surface area contributed by atoms with E-state index in [4.69, 9.17) is 15.2 Å². The maximum Gasteiger partial charge on any atom is 0.349 e. The molecule has 0 atom stereocenters. The highest BCUT2D eigenvalue weighted by Gasteiger charge is 2.31. The van der Waals surface area contributed by atoms with E-state index in [1.165, 1.54) is 0 Å². The number of carbonyl (C=O) groups excluding carboxylic acids is 3. The summed E-state index contributed by atoms with van der Waals surface area (Å²) in [6.07, 6.45) is 1.51. The zero-order valence-electron chi connectivity index (χ0n) is 19.7. The van der Waals surface area contributed by atoms with Crippen molar-refractivity contribution in [3.8, 4) is 5.75 Å². The van der Waals surface area contributed by atoms with Crippen molar-refractivity contribution in [3.05, 3.63) is 65.2 Å². The van der Waals surface area contributed by atoms with Crippen molar-refractivity contribution in [2.75, 3.05) is 6.61 Å². The highest BCUT2D eigenvalue weighted by atomic mass is 16.6. The lowest BCUT2D eigenvalue weighted by Crippen LogP contribution is -2.48. The molecule has 0 aliphatic carbocycles. The molecule has 0 fully saturated rings. The third kappa shape index (κ3) is 8.48. The molecule has 2 aromatic carbocycles. The van der Waals surface area contributed by atoms with Gasteiger partial charge in [-0.2, -0.15) is 0 Å². The second-order valence-corrected chi connectivity index (χ2v) is 8.28. The minimum atomic E-state index is -1.08. The fourth-order valence-electron chi connectivity index (χ4n) is 3.07. The number of aryl methyl sites for hydroxylation is 2. The molecule has 3 amide bonds. The van der Waals surface area contributed by atoms with E-state index in [0.717, 1.165) is 21.7 Å². The molecule has 33 heavy (non-hydrogen) atoms. The van der Waals surface area contributed by atoms with E-state index in [1.54, 1.807) is 32.9 Å². The summed E-state index contributed by atoms with van der Waals surface area (Å²) in [6, 6.07) is 14.3. The molecule has 0 aliphatic heterocycles. The van der Waals surface area contributed by atoms with Crippen LogP contribution < -0.4 is 15.9 Å². The van der Waals surface area contributed by atoms with Crippen LogP contribution in [0.4, 0.5) is 4.79 Å². The maximum atomic E-state index is 12.3. The summed E-state index contributed by atoms with van der Waals surface area (Å²) >= 11 is 0. The molecule has 0 bridgehead atoms. The number of hydrogen-bond donors (Lipinski definition) is 2. The average molecular weight is 456 g/mol. The molecule has 8 nitrogen and oxygen atoms in total. The van der Waals surface area contributed by atoms with E-state index in [2.05, 4.69) is 5.43 Å². The predicted octanol–water partition coefficient (Wildman–Crippen LogP) is 3.65. The van der Waals surface area contributed by atoms with Gasteiger partial charge in [0.2, 0.25) is 5.91 Å². The van der Waals surface area contributed by atoms with Gasteiger partial charge in [-0.3, -0.25) is 10.2 Å². The highest BCUT2D eigenvalue weighted by molar-refractivity contribution is 5.80. The van der Waals surface area contributed by atoms with Crippen LogP contribution in [0.25, 0.3) is 0 Å². The van der Waals surface area contributed by atoms with Crippen LogP contribution in [0.15, 0.2) is 48.5 Å². The van der Waals surface area contributed by atoms with Gasteiger partial charge in [0.15, 0.2) is 5.60 Å². The molecule has 2 aromatic rings. The molecule has 0 spiro atoms. The summed E-state index contributed by atoms with van der Waals surface area (Å²) in [5.74, 6) is -0.146. The van der Waals surface area contributed by atoms with Crippen LogP contribution in [0.2, 0.25) is 0 Å². The third-order valence-corrected chi connectivity index (χ3v) is 4.92. The van der Waals surface area contributed by atoms with Crippen molar-refractivity contribution in [1.82, 2.24) is 10.4 Å². The van der Waals surface area contributed by atoms with Crippen LogP contribution in [0.3, 0.4) is 0 Å². The molecular formula is C25H33N3O5. The van der Waals surface area contributed by atoms with Gasteiger partial charge in [0.1, 0.15) is 5.75 Å². The fraction of sp³-hybridized carbons (Fsp3) is 0.400. The molecule has 0 radical (unpaired) electrons. The number of hydrazine groups is 1. The average Bonchev–Trinajstić information content (AvgIpc) is 2.76. The zero-order valence-corrected chi connectivity index (χ0v) is 19.7. The molecule has 2 rings (SSSR count). The van der Waals surface area contributed by atoms with Crippen molar-refractivity contribution in [2.24, 2.45) is 5.73 Å². The number of carbonyl (C=O) groups is 3. The number of ether oxygens (including phenoxy) is 2. The molecule has 0 aliphatic rings. The summed E-state index contributed by atoms with van der Waals surface area (Å²) in [4.78, 5) is 36.0. The van der Waals surface area contributed by atoms with Crippen LogP contribution in [0, 0.1) is 6.92 Å². The number of amides is 3. The first-order valence-corrected chi connectivity index (χ1v) is 11.0. The van der Waals surface area contributed by atoms with Gasteiger partial charge in [-0.1, -0.05) is 42.0 Å². The van der Waals surface area contributed by atoms with E-state index in [9.17, 15) is 14.4 Å². The summed E-state index contributed by atoms with van der Waals surface area (Å²) < 4.78 is 10.8. The lowest BCUT2D eigenvalue weighted by atomic mass is 10.1. The Hall–Kier alpha value is -3.55. The van der Waals surface area contributed by atoms with Crippen LogP contribution >= 0.6 is 0 Å². The number of rotatable bonds is 10. The summed E-state index contributed by atoms with van der Waals surface area (Å²) in [7, 11) is 0. The quantitative estimate of drug-likeness (QED) is 0.420. The predicted molar refractivity (Wildman–Crippen MR) is 125 cm³/mol. The number of nitrogens with two attached hydrogens (primary N) is 1. The van der Waals surface area contributed by atoms with Gasteiger partial charge < -0.3 is 15.2 Å². The summed E-state index contributed by atoms with van der Waals surface area (Å²) in [5.41, 5.74) is 9.90. The number of nitrogens with one attached hydrogen (secondary N) is 1. The first-order valence-electron chi connectivity index (χ1n) is 11.0. The largest absolute Gasteiger partial charge is 0.476 e. The Balaban J connectivity index is 1.81. The fourth-order valence-corrected chi connectivity index (χ4v) is 3.07. The lowest BCUT2D eigenvalue weighted by molar-refractivity contribution is -0.158. The van der Waals surface area contributed by atoms with Crippen molar-refractivity contribution >= 4 is 17.9 Å². The first-order chi connectivity index (χ1) is 15.6. The smallest absolute Gasteiger partial charge is 0.349 e. The Morgan fingerprint density at radius 3 is 2.18 bits per heavy atom. The Morgan fingerprint density at radius 2 is 1.61 bits per heavy atom. The van der Waals surface area contributed by atoms with Gasteiger partial charge in [0.05, 0.1) is 13.2 Å². The Labute approximate surface area is 195 Å². The van der Waals surface area contributed by atoms with Crippen molar-refractivity contribution in [2.45, 2.75) is 59.1 Å². The second kappa shape index (κ2) is 11.9. The van der Waals surface area contributed by atoms with E-state index >= 15 is 0 Å². The number of urea groups is 1. The molecule has 8 heteroatoms. The lowest BCUT2D eigenvalue weighted by Gasteiger charge is -2.24. The van der Waals surface area contributed by atoms with Gasteiger partial charge in [-0.25, -0.2) is 14.6 Å². The molecule has 3 N–H and O–H groups in total. The number of nitrogens with zero attached hydrogens (tertiary/aromatic N) is 1. The van der Waals surface area contributed by atoms with Crippen molar-refractivity contribution < 1.29 is 23.9 Å². The van der Waals surface area contributed by atoms with Crippen LogP contribution in [0.5, 0.6) is 5.75 Å². The van der Waals surface area contributed by atoms with Gasteiger partial charge in [-0.05, 0) is 63.8 Å². The SMILES string of the molecule is CCOC(=O)C(C)(C)Oc1ccc(CCCC(=O)NN(Cc2ccc(C)cc2)C(N)=O)cc1. The Kier molecular flexibility index (Phi) is 9.27. The van der Waals surface area contributed by atoms with Crippen LogP contribution in [0.1, 0.15) is 50.3 Å². The third-order valence-electron chi connectivity index (χ3n) is 4.92. The topological polar surface area (TPSA) is 111 Å². The van der Waals surface area contributed by atoms with E-state index in [0.29, 0.717) is 25.2 Å². The molecular weight excluding hydrogens is 422 g/mol. The normalized spacial score (nSPS) is 10.9. The number of esters is 1. The first kappa shape index (κ1) is 25.7. The Bertz CT molecular complexity index is 940. The van der Waals surface area contributed by atoms with Gasteiger partial charge >= 0.3 is 12.0 Å². The molecule has 0 aromatic heterocycles. The van der Waals surface area contributed by atoms with Gasteiger partial charge in [0, 0.05) is 6.42 Å². The highest BCUT2D eigenvalue weighted by Crippen LogP contribution is 2.21. The number of benzene rings is 2. The van der Waals surface area contributed by atoms with E-state index in [1.807, 2.05) is 43.3 Å². The maximum absolute atomic E-state index is 12.3. The molecule has 0 saturated heterocycles. The van der Waals surface area contributed by atoms with E-state index < -0.39 is 17.6 Å². The molecule has 0 unspecified atom stereocenters. The minimum Gasteiger partial charge on any atom is -0.476 e. The van der Waals surface area contributed by atoms with E-state index in [-0.39, 0.29) is 18.9 Å². The van der Waals surface area contributed by atoms with Crippen molar-refractivity contribution in [3.63, 3.8) is 0 Å². The second-order valence-electron chi connectivity index (χ2n) is 8.28. The van der Waals surface area contributed by atoms with Crippen molar-refractivity contribution in [1.29, 1.82) is 0 Å². The van der Waals surface area contributed by atoms with Gasteiger partial charge in [0.25, 0.3) is 0 Å². The summed E-state index contributed by atoms with van der Waals surface area (Å²) in [5, 5.41) is 1.12. The Morgan fingerprint density at radius 1 is 1.00 bits per heavy atom. The monoisotopic (exact) mass is 455 g/mol. The zero-order chi connectivity index (χ0) is 24.4. The van der Waals surface area contributed by atoms with Crippen LogP contribution in [-0.2, 0) is 27.3 Å². The number of hydrogen-bond acceptors (Lipinski definition) is 5. The molecule has 0 saturated carbocycles. The van der Waals surface area contributed by atoms with Gasteiger partial charge in [-0.15, -0.1) is 0 Å². The minimum absolute atomic E-state index is 0.199. The number of primary amides is 1. The molecule has 0 heterocycles.